The average Bonchev–Trinajstić information content (AvgIpc) is 2.66. The van der Waals surface area contributed by atoms with E-state index in [1.165, 1.54) is 0 Å². The maximum absolute atomic E-state index is 12.3. The van der Waals surface area contributed by atoms with Gasteiger partial charge in [-0.25, -0.2) is 0 Å². The second-order valence-electron chi connectivity index (χ2n) is 4.36. The molecule has 0 radical (unpaired) electrons. The van der Waals surface area contributed by atoms with Gasteiger partial charge in [-0.05, 0) is 32.9 Å². The highest BCUT2D eigenvalue weighted by atomic mass is 32.1. The Labute approximate surface area is 101 Å². The summed E-state index contributed by atoms with van der Waals surface area (Å²) in [5.74, 6) is -1.07. The topological polar surface area (TPSA) is 49.8 Å². The monoisotopic (exact) mass is 266 g/mol. The summed E-state index contributed by atoms with van der Waals surface area (Å²) in [5.41, 5.74) is -0.201. The Balaban J connectivity index is 2.06. The molecule has 0 aliphatic carbocycles. The van der Waals surface area contributed by atoms with Crippen LogP contribution in [0.1, 0.15) is 25.6 Å². The Morgan fingerprint density at radius 3 is 2.53 bits per heavy atom. The maximum Gasteiger partial charge on any atom is 0.452 e. The predicted octanol–water partition coefficient (Wildman–Crippen LogP) is 2.11. The summed E-state index contributed by atoms with van der Waals surface area (Å²) in [7, 11) is 0. The minimum Gasteiger partial charge on any atom is -0.355 e. The summed E-state index contributed by atoms with van der Waals surface area (Å²) in [6.07, 6.45) is -2.76. The molecule has 1 aromatic rings. The van der Waals surface area contributed by atoms with Gasteiger partial charge in [0.1, 0.15) is 0 Å². The first-order valence-corrected chi connectivity index (χ1v) is 6.06. The van der Waals surface area contributed by atoms with Crippen LogP contribution in [0.4, 0.5) is 18.3 Å². The number of anilines is 1. The molecule has 2 N–H and O–H groups in total. The van der Waals surface area contributed by atoms with E-state index in [2.05, 4.69) is 20.0 Å². The third-order valence-corrected chi connectivity index (χ3v) is 3.43. The van der Waals surface area contributed by atoms with E-state index >= 15 is 0 Å². The van der Waals surface area contributed by atoms with E-state index in [4.69, 9.17) is 0 Å². The third-order valence-electron chi connectivity index (χ3n) is 2.80. The fourth-order valence-electron chi connectivity index (χ4n) is 1.75. The molecule has 0 amide bonds. The van der Waals surface area contributed by atoms with Gasteiger partial charge in [0, 0.05) is 17.1 Å². The summed E-state index contributed by atoms with van der Waals surface area (Å²) in [5, 5.41) is 6.49. The number of nitrogens with one attached hydrogen (secondary N) is 2. The molecule has 8 heteroatoms. The highest BCUT2D eigenvalue weighted by Crippen LogP contribution is 2.31. The van der Waals surface area contributed by atoms with Crippen molar-refractivity contribution in [3.8, 4) is 0 Å². The van der Waals surface area contributed by atoms with E-state index in [-0.39, 0.29) is 10.7 Å². The normalized spacial score (nSPS) is 20.2. The lowest BCUT2D eigenvalue weighted by Crippen LogP contribution is -2.45. The van der Waals surface area contributed by atoms with E-state index in [1.807, 2.05) is 6.92 Å². The first-order valence-electron chi connectivity index (χ1n) is 5.29. The zero-order valence-corrected chi connectivity index (χ0v) is 10.1. The van der Waals surface area contributed by atoms with Gasteiger partial charge in [-0.3, -0.25) is 0 Å². The van der Waals surface area contributed by atoms with Crippen molar-refractivity contribution in [2.45, 2.75) is 31.5 Å². The van der Waals surface area contributed by atoms with Gasteiger partial charge in [-0.2, -0.15) is 22.5 Å². The molecule has 1 saturated heterocycles. The van der Waals surface area contributed by atoms with Crippen LogP contribution in [0.3, 0.4) is 0 Å². The molecule has 96 valence electrons. The molecular weight excluding hydrogens is 253 g/mol. The van der Waals surface area contributed by atoms with Gasteiger partial charge < -0.3 is 10.6 Å². The lowest BCUT2D eigenvalue weighted by Gasteiger charge is -2.34. The number of hydrogen-bond acceptors (Lipinski definition) is 5. The van der Waals surface area contributed by atoms with Crippen LogP contribution in [0.15, 0.2) is 0 Å². The Kier molecular flexibility index (Phi) is 3.26. The molecule has 1 aliphatic heterocycles. The molecule has 0 bridgehead atoms. The predicted molar refractivity (Wildman–Crippen MR) is 59.0 cm³/mol. The van der Waals surface area contributed by atoms with Crippen LogP contribution in [-0.4, -0.2) is 28.0 Å². The van der Waals surface area contributed by atoms with E-state index in [0.29, 0.717) is 0 Å². The van der Waals surface area contributed by atoms with Crippen molar-refractivity contribution in [3.05, 3.63) is 5.82 Å². The van der Waals surface area contributed by atoms with E-state index in [0.717, 1.165) is 37.5 Å². The SMILES string of the molecule is CC1(Nc2nc(C(F)(F)F)ns2)CCNCC1. The molecule has 1 aromatic heterocycles. The van der Waals surface area contributed by atoms with Crippen molar-refractivity contribution >= 4 is 16.7 Å². The number of halogens is 3. The molecule has 1 aliphatic rings. The number of hydrogen-bond donors (Lipinski definition) is 2. The van der Waals surface area contributed by atoms with Gasteiger partial charge in [0.05, 0.1) is 0 Å². The molecule has 0 aromatic carbocycles. The van der Waals surface area contributed by atoms with Crippen LogP contribution in [0.25, 0.3) is 0 Å². The first kappa shape index (κ1) is 12.6. The summed E-state index contributed by atoms with van der Waals surface area (Å²) in [6.45, 7) is 3.70. The highest BCUT2D eigenvalue weighted by Gasteiger charge is 2.37. The number of rotatable bonds is 2. The summed E-state index contributed by atoms with van der Waals surface area (Å²) in [6, 6.07) is 0. The minimum absolute atomic E-state index is 0.201. The van der Waals surface area contributed by atoms with Crippen LogP contribution >= 0.6 is 11.5 Å². The Morgan fingerprint density at radius 2 is 2.00 bits per heavy atom. The molecule has 0 spiro atoms. The van der Waals surface area contributed by atoms with Crippen molar-refractivity contribution in [1.29, 1.82) is 0 Å². The number of aromatic nitrogens is 2. The van der Waals surface area contributed by atoms with Crippen LogP contribution in [0, 0.1) is 0 Å². The molecule has 0 unspecified atom stereocenters. The molecular formula is C9H13F3N4S. The largest absolute Gasteiger partial charge is 0.452 e. The second-order valence-corrected chi connectivity index (χ2v) is 5.11. The summed E-state index contributed by atoms with van der Waals surface area (Å²) >= 11 is 0.756. The number of alkyl halides is 3. The van der Waals surface area contributed by atoms with E-state index in [1.54, 1.807) is 0 Å². The lowest BCUT2D eigenvalue weighted by molar-refractivity contribution is -0.144. The molecule has 2 heterocycles. The van der Waals surface area contributed by atoms with E-state index < -0.39 is 12.0 Å². The maximum atomic E-state index is 12.3. The Morgan fingerprint density at radius 1 is 1.35 bits per heavy atom. The van der Waals surface area contributed by atoms with Gasteiger partial charge in [0.25, 0.3) is 0 Å². The molecule has 0 atom stereocenters. The van der Waals surface area contributed by atoms with Crippen molar-refractivity contribution in [1.82, 2.24) is 14.7 Å². The number of nitrogens with zero attached hydrogens (tertiary/aromatic N) is 2. The molecule has 2 rings (SSSR count). The van der Waals surface area contributed by atoms with Crippen molar-refractivity contribution in [3.63, 3.8) is 0 Å². The molecule has 17 heavy (non-hydrogen) atoms. The fraction of sp³-hybridized carbons (Fsp3) is 0.778. The van der Waals surface area contributed by atoms with Gasteiger partial charge in [0.15, 0.2) is 0 Å². The molecule has 0 saturated carbocycles. The van der Waals surface area contributed by atoms with E-state index in [9.17, 15) is 13.2 Å². The quantitative estimate of drug-likeness (QED) is 0.860. The first-order chi connectivity index (χ1) is 7.89. The van der Waals surface area contributed by atoms with Gasteiger partial charge in [-0.15, -0.1) is 0 Å². The smallest absolute Gasteiger partial charge is 0.355 e. The van der Waals surface area contributed by atoms with Crippen molar-refractivity contribution in [2.24, 2.45) is 0 Å². The van der Waals surface area contributed by atoms with Crippen molar-refractivity contribution in [2.75, 3.05) is 18.4 Å². The highest BCUT2D eigenvalue weighted by molar-refractivity contribution is 7.09. The lowest BCUT2D eigenvalue weighted by atomic mass is 9.91. The summed E-state index contributed by atoms with van der Waals surface area (Å²) in [4.78, 5) is 3.47. The van der Waals surface area contributed by atoms with Gasteiger partial charge in [0.2, 0.25) is 11.0 Å². The van der Waals surface area contributed by atoms with Crippen LogP contribution < -0.4 is 10.6 Å². The van der Waals surface area contributed by atoms with Gasteiger partial charge in [-0.1, -0.05) is 0 Å². The third kappa shape index (κ3) is 3.06. The minimum atomic E-state index is -4.47. The zero-order valence-electron chi connectivity index (χ0n) is 9.26. The van der Waals surface area contributed by atoms with Gasteiger partial charge >= 0.3 is 6.18 Å². The average molecular weight is 266 g/mol. The van der Waals surface area contributed by atoms with Crippen LogP contribution in [-0.2, 0) is 6.18 Å². The number of piperidine rings is 1. The second kappa shape index (κ2) is 4.41. The molecule has 4 nitrogen and oxygen atoms in total. The zero-order chi connectivity index (χ0) is 12.5. The Hall–Kier alpha value is -0.890. The Bertz CT molecular complexity index is 384. The molecule has 1 fully saturated rings. The summed E-state index contributed by atoms with van der Waals surface area (Å²) < 4.78 is 40.3. The van der Waals surface area contributed by atoms with Crippen LogP contribution in [0.5, 0.6) is 0 Å². The van der Waals surface area contributed by atoms with Crippen LogP contribution in [0.2, 0.25) is 0 Å². The standard InChI is InChI=1S/C9H13F3N4S/c1-8(2-4-13-5-3-8)15-7-14-6(16-17-7)9(10,11)12/h13H,2-5H2,1H3,(H,14,15,16). The van der Waals surface area contributed by atoms with Crippen molar-refractivity contribution < 1.29 is 13.2 Å². The fourth-order valence-corrected chi connectivity index (χ4v) is 2.49.